The van der Waals surface area contributed by atoms with Crippen LogP contribution in [-0.4, -0.2) is 45.1 Å². The van der Waals surface area contributed by atoms with Crippen LogP contribution >= 0.6 is 0 Å². The molecule has 0 unspecified atom stereocenters. The second kappa shape index (κ2) is 5.26. The summed E-state index contributed by atoms with van der Waals surface area (Å²) in [5, 5.41) is 14.5. The van der Waals surface area contributed by atoms with Gasteiger partial charge in [-0.05, 0) is 12.8 Å². The number of nitrogens with zero attached hydrogens (tertiary/aromatic N) is 3. The zero-order valence-electron chi connectivity index (χ0n) is 11.0. The molecule has 2 N–H and O–H groups in total. The monoisotopic (exact) mass is 306 g/mol. The molecule has 0 radical (unpaired) electrons. The molecular formula is C11H13F3N4O3. The van der Waals surface area contributed by atoms with Gasteiger partial charge in [-0.1, -0.05) is 0 Å². The minimum atomic E-state index is -5.00. The van der Waals surface area contributed by atoms with Crippen LogP contribution < -0.4 is 10.2 Å². The first kappa shape index (κ1) is 15.1. The predicted molar refractivity (Wildman–Crippen MR) is 64.7 cm³/mol. The Hall–Kier alpha value is -2.26. The van der Waals surface area contributed by atoms with Gasteiger partial charge >= 0.3 is 18.2 Å². The van der Waals surface area contributed by atoms with Gasteiger partial charge in [-0.25, -0.2) is 4.79 Å². The zero-order chi connectivity index (χ0) is 15.8. The Labute approximate surface area is 117 Å². The number of hydrogen-bond acceptors (Lipinski definition) is 3. The van der Waals surface area contributed by atoms with Gasteiger partial charge in [-0.3, -0.25) is 14.4 Å². The van der Waals surface area contributed by atoms with Gasteiger partial charge in [0, 0.05) is 25.3 Å². The van der Waals surface area contributed by atoms with E-state index in [9.17, 15) is 22.8 Å². The summed E-state index contributed by atoms with van der Waals surface area (Å²) >= 11 is 0. The standard InChI is InChI=1S/C11H13F3N4O3/c1-17-5-8(4-15-17)18(9(19)11(12,13)14)7-2-6(3-7)16-10(20)21/h4-7,16H,2-3H2,1H3,(H,20,21). The number of carboxylic acid groups (broad SMARTS) is 1. The van der Waals surface area contributed by atoms with Crippen molar-refractivity contribution in [2.75, 3.05) is 4.90 Å². The van der Waals surface area contributed by atoms with Gasteiger partial charge in [0.1, 0.15) is 0 Å². The minimum absolute atomic E-state index is 0.0404. The van der Waals surface area contributed by atoms with Crippen molar-refractivity contribution in [3.8, 4) is 0 Å². The molecule has 1 aromatic heterocycles. The number of alkyl halides is 3. The third-order valence-electron chi connectivity index (χ3n) is 3.24. The molecule has 1 saturated carbocycles. The molecular weight excluding hydrogens is 293 g/mol. The Kier molecular flexibility index (Phi) is 3.79. The smallest absolute Gasteiger partial charge is 0.465 e. The number of hydrogen-bond donors (Lipinski definition) is 2. The van der Waals surface area contributed by atoms with Crippen LogP contribution in [0.3, 0.4) is 0 Å². The number of halogens is 3. The van der Waals surface area contributed by atoms with Crippen LogP contribution in [0, 0.1) is 0 Å². The lowest BCUT2D eigenvalue weighted by Gasteiger charge is -2.42. The molecule has 0 spiro atoms. The average molecular weight is 306 g/mol. The van der Waals surface area contributed by atoms with Crippen molar-refractivity contribution in [2.24, 2.45) is 7.05 Å². The van der Waals surface area contributed by atoms with Gasteiger partial charge in [0.25, 0.3) is 0 Å². The van der Waals surface area contributed by atoms with E-state index in [4.69, 9.17) is 5.11 Å². The van der Waals surface area contributed by atoms with Crippen molar-refractivity contribution >= 4 is 17.7 Å². The Balaban J connectivity index is 2.15. The van der Waals surface area contributed by atoms with Crippen LogP contribution in [0.25, 0.3) is 0 Å². The Morgan fingerprint density at radius 3 is 2.52 bits per heavy atom. The molecule has 7 nitrogen and oxygen atoms in total. The highest BCUT2D eigenvalue weighted by Crippen LogP contribution is 2.33. The molecule has 0 aliphatic heterocycles. The van der Waals surface area contributed by atoms with Gasteiger partial charge in [0.05, 0.1) is 11.9 Å². The van der Waals surface area contributed by atoms with Crippen LogP contribution in [0.1, 0.15) is 12.8 Å². The highest BCUT2D eigenvalue weighted by Gasteiger charge is 2.48. The number of anilines is 1. The van der Waals surface area contributed by atoms with E-state index in [0.29, 0.717) is 4.90 Å². The van der Waals surface area contributed by atoms with Crippen LogP contribution in [0.2, 0.25) is 0 Å². The summed E-state index contributed by atoms with van der Waals surface area (Å²) in [5.74, 6) is -1.98. The molecule has 1 heterocycles. The molecule has 0 aromatic carbocycles. The summed E-state index contributed by atoms with van der Waals surface area (Å²) < 4.78 is 39.4. The summed E-state index contributed by atoms with van der Waals surface area (Å²) in [6.07, 6.45) is -3.51. The van der Waals surface area contributed by atoms with E-state index in [1.807, 2.05) is 0 Å². The first-order valence-electron chi connectivity index (χ1n) is 6.07. The third kappa shape index (κ3) is 3.26. The van der Waals surface area contributed by atoms with E-state index in [1.54, 1.807) is 0 Å². The maximum Gasteiger partial charge on any atom is 0.471 e. The fourth-order valence-electron chi connectivity index (χ4n) is 2.25. The highest BCUT2D eigenvalue weighted by atomic mass is 19.4. The molecule has 1 aliphatic rings. The van der Waals surface area contributed by atoms with Gasteiger partial charge in [-0.15, -0.1) is 0 Å². The number of carbonyl (C=O) groups is 2. The zero-order valence-corrected chi connectivity index (χ0v) is 11.0. The van der Waals surface area contributed by atoms with Crippen LogP contribution in [0.5, 0.6) is 0 Å². The molecule has 0 bridgehead atoms. The van der Waals surface area contributed by atoms with Crippen LogP contribution in [0.4, 0.5) is 23.7 Å². The summed E-state index contributed by atoms with van der Waals surface area (Å²) in [5.41, 5.74) is 0.0404. The molecule has 10 heteroatoms. The van der Waals surface area contributed by atoms with Gasteiger partial charge < -0.3 is 10.4 Å². The Bertz CT molecular complexity index is 551. The maximum absolute atomic E-state index is 12.7. The van der Waals surface area contributed by atoms with Crippen molar-refractivity contribution in [3.05, 3.63) is 12.4 Å². The molecule has 1 fully saturated rings. The van der Waals surface area contributed by atoms with Gasteiger partial charge in [-0.2, -0.15) is 18.3 Å². The molecule has 0 saturated heterocycles. The Morgan fingerprint density at radius 1 is 1.48 bits per heavy atom. The lowest BCUT2D eigenvalue weighted by molar-refractivity contribution is -0.171. The molecule has 1 aliphatic carbocycles. The van der Waals surface area contributed by atoms with E-state index >= 15 is 0 Å². The number of amides is 2. The molecule has 1 aromatic rings. The minimum Gasteiger partial charge on any atom is -0.465 e. The molecule has 2 amide bonds. The van der Waals surface area contributed by atoms with Crippen molar-refractivity contribution < 1.29 is 27.9 Å². The van der Waals surface area contributed by atoms with E-state index in [0.717, 1.165) is 0 Å². The van der Waals surface area contributed by atoms with Crippen LogP contribution in [-0.2, 0) is 11.8 Å². The van der Waals surface area contributed by atoms with E-state index in [-0.39, 0.29) is 18.5 Å². The predicted octanol–water partition coefficient (Wildman–Crippen LogP) is 1.11. The first-order valence-corrected chi connectivity index (χ1v) is 6.07. The van der Waals surface area contributed by atoms with Crippen molar-refractivity contribution in [2.45, 2.75) is 31.1 Å². The summed E-state index contributed by atoms with van der Waals surface area (Å²) in [4.78, 5) is 22.7. The largest absolute Gasteiger partial charge is 0.471 e. The van der Waals surface area contributed by atoms with Gasteiger partial charge in [0.2, 0.25) is 0 Å². The summed E-state index contributed by atoms with van der Waals surface area (Å²) in [6.45, 7) is 0. The molecule has 0 atom stereocenters. The number of carbonyl (C=O) groups excluding carboxylic acids is 1. The highest BCUT2D eigenvalue weighted by molar-refractivity contribution is 5.97. The lowest BCUT2D eigenvalue weighted by atomic mass is 9.85. The summed E-state index contributed by atoms with van der Waals surface area (Å²) in [7, 11) is 1.52. The van der Waals surface area contributed by atoms with Crippen molar-refractivity contribution in [1.29, 1.82) is 0 Å². The van der Waals surface area contributed by atoms with E-state index < -0.39 is 30.3 Å². The lowest BCUT2D eigenvalue weighted by Crippen LogP contribution is -2.57. The first-order chi connectivity index (χ1) is 9.68. The molecule has 2 rings (SSSR count). The maximum atomic E-state index is 12.7. The second-order valence-electron chi connectivity index (χ2n) is 4.82. The van der Waals surface area contributed by atoms with Gasteiger partial charge in [0.15, 0.2) is 0 Å². The topological polar surface area (TPSA) is 87.5 Å². The second-order valence-corrected chi connectivity index (χ2v) is 4.82. The normalized spacial score (nSPS) is 21.5. The Morgan fingerprint density at radius 2 is 2.10 bits per heavy atom. The number of aromatic nitrogens is 2. The van der Waals surface area contributed by atoms with E-state index in [2.05, 4.69) is 10.4 Å². The third-order valence-corrected chi connectivity index (χ3v) is 3.24. The number of rotatable bonds is 3. The fraction of sp³-hybridized carbons (Fsp3) is 0.545. The van der Waals surface area contributed by atoms with E-state index in [1.165, 1.54) is 24.1 Å². The molecule has 21 heavy (non-hydrogen) atoms. The SMILES string of the molecule is Cn1cc(N(C(=O)C(F)(F)F)C2CC(NC(=O)O)C2)cn1. The molecule has 116 valence electrons. The summed E-state index contributed by atoms with van der Waals surface area (Å²) in [6, 6.07) is -1.16. The average Bonchev–Trinajstić information content (AvgIpc) is 2.70. The number of nitrogens with one attached hydrogen (secondary N) is 1. The van der Waals surface area contributed by atoms with Crippen molar-refractivity contribution in [1.82, 2.24) is 15.1 Å². The number of aryl methyl sites for hydroxylation is 1. The van der Waals surface area contributed by atoms with Crippen LogP contribution in [0.15, 0.2) is 12.4 Å². The quantitative estimate of drug-likeness (QED) is 0.876. The van der Waals surface area contributed by atoms with Crippen molar-refractivity contribution in [3.63, 3.8) is 0 Å². The fourth-order valence-corrected chi connectivity index (χ4v) is 2.25.